The van der Waals surface area contributed by atoms with E-state index in [-0.39, 0.29) is 5.91 Å². The molecule has 1 aliphatic rings. The van der Waals surface area contributed by atoms with Crippen LogP contribution in [0.15, 0.2) is 18.2 Å². The van der Waals surface area contributed by atoms with E-state index < -0.39 is 17.7 Å². The molecule has 1 aliphatic heterocycles. The van der Waals surface area contributed by atoms with E-state index in [4.69, 9.17) is 0 Å². The fourth-order valence-corrected chi connectivity index (χ4v) is 3.03. The Hall–Kier alpha value is -1.49. The Balaban J connectivity index is 1.87. The lowest BCUT2D eigenvalue weighted by atomic mass is 10.1. The molecule has 1 atom stereocenters. The largest absolute Gasteiger partial charge is 0.345 e. The van der Waals surface area contributed by atoms with Crippen molar-refractivity contribution in [1.82, 2.24) is 5.32 Å². The van der Waals surface area contributed by atoms with Crippen LogP contribution in [-0.2, 0) is 4.79 Å². The molecule has 3 nitrogen and oxygen atoms in total. The highest BCUT2D eigenvalue weighted by Crippen LogP contribution is 2.17. The second kappa shape index (κ2) is 8.22. The monoisotopic (exact) mass is 311 g/mol. The average molecular weight is 311 g/mol. The van der Waals surface area contributed by atoms with Crippen LogP contribution in [0.1, 0.15) is 50.6 Å². The molecule has 22 heavy (non-hydrogen) atoms. The second-order valence-electron chi connectivity index (χ2n) is 6.15. The lowest BCUT2D eigenvalue weighted by Crippen LogP contribution is -3.13. The molecule has 2 N–H and O–H groups in total. The van der Waals surface area contributed by atoms with Gasteiger partial charge >= 0.3 is 0 Å². The van der Waals surface area contributed by atoms with Crippen molar-refractivity contribution in [3.8, 4) is 0 Å². The van der Waals surface area contributed by atoms with Crippen LogP contribution in [-0.4, -0.2) is 25.5 Å². The number of halogens is 2. The van der Waals surface area contributed by atoms with Crippen molar-refractivity contribution in [1.29, 1.82) is 0 Å². The summed E-state index contributed by atoms with van der Waals surface area (Å²) in [5.41, 5.74) is 0.317. The average Bonchev–Trinajstić information content (AvgIpc) is 2.41. The van der Waals surface area contributed by atoms with Gasteiger partial charge in [-0.2, -0.15) is 0 Å². The molecule has 0 aliphatic carbocycles. The van der Waals surface area contributed by atoms with Gasteiger partial charge in [0.05, 0.1) is 19.1 Å². The summed E-state index contributed by atoms with van der Waals surface area (Å²) in [7, 11) is 0. The van der Waals surface area contributed by atoms with E-state index >= 15 is 0 Å². The van der Waals surface area contributed by atoms with Crippen molar-refractivity contribution in [2.45, 2.75) is 45.1 Å². The highest BCUT2D eigenvalue weighted by Gasteiger charge is 2.19. The minimum absolute atomic E-state index is 0.0770. The van der Waals surface area contributed by atoms with Crippen molar-refractivity contribution in [3.05, 3.63) is 35.4 Å². The summed E-state index contributed by atoms with van der Waals surface area (Å²) < 4.78 is 26.6. The molecule has 1 amide bonds. The summed E-state index contributed by atoms with van der Waals surface area (Å²) in [6, 6.07) is 2.99. The number of nitrogens with one attached hydrogen (secondary N) is 2. The lowest BCUT2D eigenvalue weighted by molar-refractivity contribution is -0.893. The van der Waals surface area contributed by atoms with Gasteiger partial charge in [-0.15, -0.1) is 0 Å². The molecule has 0 bridgehead atoms. The number of quaternary nitrogens is 1. The Bertz CT molecular complexity index is 499. The van der Waals surface area contributed by atoms with Gasteiger partial charge in [-0.1, -0.05) is 12.5 Å². The number of likely N-dealkylation sites (tertiary alicyclic amines) is 1. The minimum Gasteiger partial charge on any atom is -0.345 e. The molecule has 1 heterocycles. The number of hydrogen-bond acceptors (Lipinski definition) is 1. The van der Waals surface area contributed by atoms with Crippen LogP contribution in [0.4, 0.5) is 8.78 Å². The second-order valence-corrected chi connectivity index (χ2v) is 6.15. The molecule has 0 unspecified atom stereocenters. The molecule has 0 aromatic heterocycles. The minimum atomic E-state index is -0.619. The topological polar surface area (TPSA) is 33.5 Å². The number of rotatable bonds is 4. The first-order chi connectivity index (χ1) is 10.6. The Morgan fingerprint density at radius 2 is 1.82 bits per heavy atom. The first-order valence-electron chi connectivity index (χ1n) is 8.14. The molecule has 1 aromatic carbocycles. The van der Waals surface area contributed by atoms with Crippen molar-refractivity contribution < 1.29 is 18.5 Å². The molecule has 1 saturated heterocycles. The maximum absolute atomic E-state index is 13.7. The fourth-order valence-electron chi connectivity index (χ4n) is 3.03. The number of amides is 1. The Morgan fingerprint density at radius 3 is 2.45 bits per heavy atom. The predicted octanol–water partition coefficient (Wildman–Crippen LogP) is 1.99. The lowest BCUT2D eigenvalue weighted by Gasteiger charge is -2.22. The number of benzene rings is 1. The van der Waals surface area contributed by atoms with E-state index in [1.165, 1.54) is 36.3 Å². The van der Waals surface area contributed by atoms with Crippen LogP contribution < -0.4 is 10.2 Å². The van der Waals surface area contributed by atoms with Crippen molar-refractivity contribution in [2.24, 2.45) is 0 Å². The smallest absolute Gasteiger partial charge is 0.275 e. The van der Waals surface area contributed by atoms with Gasteiger partial charge in [0, 0.05) is 11.6 Å². The number of carbonyl (C=O) groups excluding carboxylic acids is 1. The summed E-state index contributed by atoms with van der Waals surface area (Å²) in [6.07, 6.45) is 6.08. The summed E-state index contributed by atoms with van der Waals surface area (Å²) in [4.78, 5) is 13.4. The Morgan fingerprint density at radius 1 is 1.18 bits per heavy atom. The van der Waals surface area contributed by atoms with Crippen molar-refractivity contribution in [3.63, 3.8) is 0 Å². The normalized spacial score (nSPS) is 18.3. The SMILES string of the molecule is C[C@H](NC(=O)C[NH+]1CCCCCCC1)c1ccc(F)cc1F. The molecule has 0 saturated carbocycles. The molecule has 1 fully saturated rings. The summed E-state index contributed by atoms with van der Waals surface area (Å²) in [6.45, 7) is 4.18. The highest BCUT2D eigenvalue weighted by molar-refractivity contribution is 5.77. The van der Waals surface area contributed by atoms with Gasteiger partial charge < -0.3 is 10.2 Å². The van der Waals surface area contributed by atoms with E-state index in [1.807, 2.05) is 0 Å². The van der Waals surface area contributed by atoms with E-state index in [0.29, 0.717) is 12.1 Å². The van der Waals surface area contributed by atoms with Crippen LogP contribution in [0.2, 0.25) is 0 Å². The van der Waals surface area contributed by atoms with Crippen molar-refractivity contribution in [2.75, 3.05) is 19.6 Å². The van der Waals surface area contributed by atoms with Gasteiger partial charge in [0.15, 0.2) is 6.54 Å². The van der Waals surface area contributed by atoms with E-state index in [1.54, 1.807) is 6.92 Å². The van der Waals surface area contributed by atoms with Gasteiger partial charge in [-0.05, 0) is 38.7 Å². The van der Waals surface area contributed by atoms with Gasteiger partial charge in [0.1, 0.15) is 11.6 Å². The third-order valence-corrected chi connectivity index (χ3v) is 4.28. The summed E-state index contributed by atoms with van der Waals surface area (Å²) in [5.74, 6) is -1.30. The highest BCUT2D eigenvalue weighted by atomic mass is 19.1. The molecule has 1 aromatic rings. The van der Waals surface area contributed by atoms with Gasteiger partial charge in [0.25, 0.3) is 5.91 Å². The molecule has 0 radical (unpaired) electrons. The maximum Gasteiger partial charge on any atom is 0.275 e. The molecule has 122 valence electrons. The third-order valence-electron chi connectivity index (χ3n) is 4.28. The predicted molar refractivity (Wildman–Crippen MR) is 81.6 cm³/mol. The van der Waals surface area contributed by atoms with E-state index in [2.05, 4.69) is 5.32 Å². The van der Waals surface area contributed by atoms with Crippen LogP contribution in [0.5, 0.6) is 0 Å². The van der Waals surface area contributed by atoms with Crippen LogP contribution in [0, 0.1) is 11.6 Å². The fraction of sp³-hybridized carbons (Fsp3) is 0.588. The standard InChI is InChI=1S/C17H24F2N2O/c1-13(15-8-7-14(18)11-16(15)19)20-17(22)12-21-9-5-3-2-4-6-10-21/h7-8,11,13H,2-6,9-10,12H2,1H3,(H,20,22)/p+1/t13-/m0/s1. The number of hydrogen-bond donors (Lipinski definition) is 2. The number of carbonyl (C=O) groups is 1. The summed E-state index contributed by atoms with van der Waals surface area (Å²) in [5, 5.41) is 2.82. The first-order valence-corrected chi connectivity index (χ1v) is 8.14. The Kier molecular flexibility index (Phi) is 6.31. The first kappa shape index (κ1) is 16.9. The third kappa shape index (κ3) is 5.05. The Labute approximate surface area is 130 Å². The maximum atomic E-state index is 13.7. The molecule has 2 rings (SSSR count). The quantitative estimate of drug-likeness (QED) is 0.876. The molecule has 5 heteroatoms. The van der Waals surface area contributed by atoms with Gasteiger partial charge in [-0.3, -0.25) is 4.79 Å². The van der Waals surface area contributed by atoms with Crippen molar-refractivity contribution >= 4 is 5.91 Å². The van der Waals surface area contributed by atoms with Gasteiger partial charge in [0.2, 0.25) is 0 Å². The zero-order valence-electron chi connectivity index (χ0n) is 13.1. The summed E-state index contributed by atoms with van der Waals surface area (Å²) >= 11 is 0. The molecular weight excluding hydrogens is 286 g/mol. The van der Waals surface area contributed by atoms with Crippen LogP contribution >= 0.6 is 0 Å². The molecular formula is C17H25F2N2O+. The molecule has 0 spiro atoms. The van der Waals surface area contributed by atoms with Crippen LogP contribution in [0.3, 0.4) is 0 Å². The van der Waals surface area contributed by atoms with Crippen LogP contribution in [0.25, 0.3) is 0 Å². The zero-order chi connectivity index (χ0) is 15.9. The van der Waals surface area contributed by atoms with E-state index in [9.17, 15) is 13.6 Å². The van der Waals surface area contributed by atoms with Gasteiger partial charge in [-0.25, -0.2) is 8.78 Å². The zero-order valence-corrected chi connectivity index (χ0v) is 13.1. The van der Waals surface area contributed by atoms with E-state index in [0.717, 1.165) is 32.0 Å².